The largest absolute Gasteiger partial charge is 0.444 e. The van der Waals surface area contributed by atoms with Gasteiger partial charge in [0.25, 0.3) is 0 Å². The summed E-state index contributed by atoms with van der Waals surface area (Å²) < 4.78 is 11.4. The van der Waals surface area contributed by atoms with Gasteiger partial charge >= 0.3 is 6.09 Å². The standard InChI is InChI=1S/C17H34N2O3/c1-9-12(19-14(20)21-15(2,3)4)11-18-13-10-16(5,6)22-17(13,7)8/h12-13,18H,9-11H2,1-8H3,(H,19,20). The number of carbonyl (C=O) groups is 1. The monoisotopic (exact) mass is 314 g/mol. The van der Waals surface area contributed by atoms with Gasteiger partial charge < -0.3 is 20.1 Å². The number of hydrogen-bond donors (Lipinski definition) is 2. The second kappa shape index (κ2) is 6.75. The summed E-state index contributed by atoms with van der Waals surface area (Å²) in [6, 6.07) is 0.325. The van der Waals surface area contributed by atoms with E-state index >= 15 is 0 Å². The molecule has 0 aromatic heterocycles. The predicted octanol–water partition coefficient (Wildman–Crippen LogP) is 3.23. The zero-order valence-electron chi connectivity index (χ0n) is 15.5. The van der Waals surface area contributed by atoms with Crippen LogP contribution >= 0.6 is 0 Å². The van der Waals surface area contributed by atoms with Crippen molar-refractivity contribution in [3.8, 4) is 0 Å². The van der Waals surface area contributed by atoms with Gasteiger partial charge in [0.2, 0.25) is 0 Å². The molecule has 0 aromatic rings. The normalized spacial score (nSPS) is 24.8. The minimum Gasteiger partial charge on any atom is -0.444 e. The first kappa shape index (κ1) is 19.2. The molecule has 130 valence electrons. The van der Waals surface area contributed by atoms with Crippen LogP contribution in [0.4, 0.5) is 4.79 Å². The van der Waals surface area contributed by atoms with E-state index in [1.165, 1.54) is 0 Å². The summed E-state index contributed by atoms with van der Waals surface area (Å²) in [7, 11) is 0. The van der Waals surface area contributed by atoms with Crippen LogP contribution in [0, 0.1) is 0 Å². The Balaban J connectivity index is 2.49. The van der Waals surface area contributed by atoms with Gasteiger partial charge in [-0.25, -0.2) is 4.79 Å². The average Bonchev–Trinajstić information content (AvgIpc) is 2.49. The lowest BCUT2D eigenvalue weighted by atomic mass is 9.94. The maximum Gasteiger partial charge on any atom is 0.407 e. The average molecular weight is 314 g/mol. The highest BCUT2D eigenvalue weighted by molar-refractivity contribution is 5.68. The molecule has 1 heterocycles. The molecule has 2 N–H and O–H groups in total. The van der Waals surface area contributed by atoms with Gasteiger partial charge in [-0.15, -0.1) is 0 Å². The summed E-state index contributed by atoms with van der Waals surface area (Å²) in [6.45, 7) is 16.8. The van der Waals surface area contributed by atoms with E-state index in [4.69, 9.17) is 9.47 Å². The first-order valence-electron chi connectivity index (χ1n) is 8.28. The lowest BCUT2D eigenvalue weighted by molar-refractivity contribution is -0.0698. The first-order valence-corrected chi connectivity index (χ1v) is 8.28. The highest BCUT2D eigenvalue weighted by atomic mass is 16.6. The van der Waals surface area contributed by atoms with Crippen molar-refractivity contribution in [2.75, 3.05) is 6.54 Å². The van der Waals surface area contributed by atoms with Gasteiger partial charge in [-0.2, -0.15) is 0 Å². The fourth-order valence-corrected chi connectivity index (χ4v) is 2.94. The summed E-state index contributed by atoms with van der Waals surface area (Å²) >= 11 is 0. The van der Waals surface area contributed by atoms with E-state index in [-0.39, 0.29) is 29.4 Å². The Morgan fingerprint density at radius 3 is 2.32 bits per heavy atom. The van der Waals surface area contributed by atoms with Crippen LogP contribution in [0.2, 0.25) is 0 Å². The second-order valence-electron chi connectivity index (χ2n) is 8.38. The third kappa shape index (κ3) is 6.13. The predicted molar refractivity (Wildman–Crippen MR) is 89.1 cm³/mol. The number of nitrogens with one attached hydrogen (secondary N) is 2. The zero-order valence-corrected chi connectivity index (χ0v) is 15.5. The van der Waals surface area contributed by atoms with E-state index in [1.54, 1.807) is 0 Å². The van der Waals surface area contributed by atoms with Gasteiger partial charge in [0.1, 0.15) is 5.60 Å². The maximum absolute atomic E-state index is 11.9. The third-order valence-electron chi connectivity index (χ3n) is 3.90. The second-order valence-corrected chi connectivity index (χ2v) is 8.38. The van der Waals surface area contributed by atoms with Crippen molar-refractivity contribution in [2.45, 2.75) is 97.1 Å². The molecule has 1 rings (SSSR count). The van der Waals surface area contributed by atoms with Crippen LogP contribution in [-0.2, 0) is 9.47 Å². The summed E-state index contributed by atoms with van der Waals surface area (Å²) in [5, 5.41) is 6.48. The Morgan fingerprint density at radius 1 is 1.32 bits per heavy atom. The lowest BCUT2D eigenvalue weighted by Gasteiger charge is -2.29. The van der Waals surface area contributed by atoms with Crippen LogP contribution in [0.15, 0.2) is 0 Å². The molecular formula is C17H34N2O3. The van der Waals surface area contributed by atoms with Gasteiger partial charge in [-0.1, -0.05) is 6.92 Å². The Kier molecular flexibility index (Phi) is 5.90. The minimum absolute atomic E-state index is 0.0503. The van der Waals surface area contributed by atoms with Crippen molar-refractivity contribution in [1.82, 2.24) is 10.6 Å². The number of hydrogen-bond acceptors (Lipinski definition) is 4. The molecule has 1 aliphatic heterocycles. The van der Waals surface area contributed by atoms with Gasteiger partial charge in [-0.05, 0) is 61.3 Å². The molecule has 1 aliphatic rings. The molecule has 1 saturated heterocycles. The molecule has 5 heteroatoms. The van der Waals surface area contributed by atoms with Gasteiger partial charge in [0.05, 0.1) is 11.2 Å². The Hall–Kier alpha value is -0.810. The summed E-state index contributed by atoms with van der Waals surface area (Å²) in [6.07, 6.45) is 1.45. The molecule has 2 unspecified atom stereocenters. The molecule has 0 aliphatic carbocycles. The van der Waals surface area contributed by atoms with Crippen LogP contribution in [0.3, 0.4) is 0 Å². The van der Waals surface area contributed by atoms with Gasteiger partial charge in [0, 0.05) is 18.6 Å². The van der Waals surface area contributed by atoms with Crippen molar-refractivity contribution < 1.29 is 14.3 Å². The number of amides is 1. The molecule has 0 spiro atoms. The smallest absolute Gasteiger partial charge is 0.407 e. The molecule has 1 fully saturated rings. The zero-order chi connectivity index (χ0) is 17.2. The fourth-order valence-electron chi connectivity index (χ4n) is 2.94. The molecular weight excluding hydrogens is 280 g/mol. The van der Waals surface area contributed by atoms with Crippen LogP contribution in [-0.4, -0.2) is 41.5 Å². The third-order valence-corrected chi connectivity index (χ3v) is 3.90. The highest BCUT2D eigenvalue weighted by Gasteiger charge is 2.45. The van der Waals surface area contributed by atoms with Gasteiger partial charge in [-0.3, -0.25) is 0 Å². The van der Waals surface area contributed by atoms with Crippen molar-refractivity contribution in [1.29, 1.82) is 0 Å². The first-order chi connectivity index (χ1) is 9.85. The minimum atomic E-state index is -0.471. The SMILES string of the molecule is CCC(CNC1CC(C)(C)OC1(C)C)NC(=O)OC(C)(C)C. The molecule has 5 nitrogen and oxygen atoms in total. The number of ether oxygens (including phenoxy) is 2. The van der Waals surface area contributed by atoms with E-state index in [1.807, 2.05) is 20.8 Å². The Morgan fingerprint density at radius 2 is 1.91 bits per heavy atom. The van der Waals surface area contributed by atoms with Crippen molar-refractivity contribution >= 4 is 6.09 Å². The summed E-state index contributed by atoms with van der Waals surface area (Å²) in [4.78, 5) is 11.9. The lowest BCUT2D eigenvalue weighted by Crippen LogP contribution is -2.50. The number of rotatable bonds is 5. The van der Waals surface area contributed by atoms with E-state index < -0.39 is 5.60 Å². The van der Waals surface area contributed by atoms with Crippen molar-refractivity contribution in [2.24, 2.45) is 0 Å². The Labute approximate surface area is 135 Å². The molecule has 0 bridgehead atoms. The molecule has 0 radical (unpaired) electrons. The summed E-state index contributed by atoms with van der Waals surface area (Å²) in [5.74, 6) is 0. The molecule has 22 heavy (non-hydrogen) atoms. The molecule has 0 aromatic carbocycles. The number of carbonyl (C=O) groups excluding carboxylic acids is 1. The molecule has 1 amide bonds. The van der Waals surface area contributed by atoms with Crippen LogP contribution < -0.4 is 10.6 Å². The maximum atomic E-state index is 11.9. The molecule has 2 atom stereocenters. The molecule has 0 saturated carbocycles. The Bertz CT molecular complexity index is 386. The quantitative estimate of drug-likeness (QED) is 0.818. The van der Waals surface area contributed by atoms with Crippen LogP contribution in [0.25, 0.3) is 0 Å². The van der Waals surface area contributed by atoms with E-state index in [9.17, 15) is 4.79 Å². The number of alkyl carbamates (subject to hydrolysis) is 1. The van der Waals surface area contributed by atoms with E-state index in [2.05, 4.69) is 45.3 Å². The van der Waals surface area contributed by atoms with Crippen molar-refractivity contribution in [3.63, 3.8) is 0 Å². The van der Waals surface area contributed by atoms with E-state index in [0.29, 0.717) is 6.54 Å². The highest BCUT2D eigenvalue weighted by Crippen LogP contribution is 2.37. The topological polar surface area (TPSA) is 59.6 Å². The van der Waals surface area contributed by atoms with Gasteiger partial charge in [0.15, 0.2) is 0 Å². The van der Waals surface area contributed by atoms with Crippen LogP contribution in [0.5, 0.6) is 0 Å². The van der Waals surface area contributed by atoms with Crippen molar-refractivity contribution in [3.05, 3.63) is 0 Å². The summed E-state index contributed by atoms with van der Waals surface area (Å²) in [5.41, 5.74) is -0.781. The van der Waals surface area contributed by atoms with Crippen LogP contribution in [0.1, 0.15) is 68.2 Å². The van der Waals surface area contributed by atoms with E-state index in [0.717, 1.165) is 12.8 Å². The fraction of sp³-hybridized carbons (Fsp3) is 0.941.